The lowest BCUT2D eigenvalue weighted by Gasteiger charge is -2.32. The van der Waals surface area contributed by atoms with Gasteiger partial charge in [0, 0.05) is 19.3 Å². The normalized spacial score (nSPS) is 17.9. The van der Waals surface area contributed by atoms with Gasteiger partial charge in [-0.15, -0.1) is 0 Å². The van der Waals surface area contributed by atoms with Gasteiger partial charge in [-0.05, 0) is 58.0 Å². The quantitative estimate of drug-likeness (QED) is 0.885. The highest BCUT2D eigenvalue weighted by atomic mass is 15.2. The van der Waals surface area contributed by atoms with Crippen LogP contribution in [0, 0.1) is 12.8 Å². The summed E-state index contributed by atoms with van der Waals surface area (Å²) in [6, 6.07) is 3.91. The van der Waals surface area contributed by atoms with Gasteiger partial charge in [0.2, 0.25) is 0 Å². The molecule has 2 N–H and O–H groups in total. The Kier molecular flexibility index (Phi) is 4.07. The summed E-state index contributed by atoms with van der Waals surface area (Å²) >= 11 is 0. The molecule has 1 aromatic rings. The molecule has 1 fully saturated rings. The van der Waals surface area contributed by atoms with Gasteiger partial charge in [-0.25, -0.2) is 4.98 Å². The summed E-state index contributed by atoms with van der Waals surface area (Å²) in [6.07, 6.45) is 2.54. The van der Waals surface area contributed by atoms with Gasteiger partial charge >= 0.3 is 0 Å². The molecule has 1 aromatic heterocycles. The molecule has 0 aromatic carbocycles. The fraction of sp³-hybridized carbons (Fsp3) is 0.643. The third-order valence-electron chi connectivity index (χ3n) is 3.78. The van der Waals surface area contributed by atoms with Gasteiger partial charge in [-0.2, -0.15) is 0 Å². The maximum atomic E-state index is 6.01. The van der Waals surface area contributed by atoms with Crippen LogP contribution in [0.4, 0.5) is 11.5 Å². The zero-order valence-corrected chi connectivity index (χ0v) is 11.7. The van der Waals surface area contributed by atoms with Crippen LogP contribution in [-0.2, 0) is 0 Å². The van der Waals surface area contributed by atoms with Crippen molar-refractivity contribution in [1.82, 2.24) is 9.88 Å². The van der Waals surface area contributed by atoms with Crippen LogP contribution in [0.2, 0.25) is 0 Å². The van der Waals surface area contributed by atoms with Crippen LogP contribution in [-0.4, -0.2) is 43.6 Å². The van der Waals surface area contributed by atoms with Gasteiger partial charge in [0.1, 0.15) is 0 Å². The summed E-state index contributed by atoms with van der Waals surface area (Å²) in [5.41, 5.74) is 7.80. The lowest BCUT2D eigenvalue weighted by Crippen LogP contribution is -2.36. The minimum absolute atomic E-state index is 0.757. The van der Waals surface area contributed by atoms with Crippen molar-refractivity contribution in [3.63, 3.8) is 0 Å². The van der Waals surface area contributed by atoms with Crippen LogP contribution in [0.1, 0.15) is 18.5 Å². The van der Waals surface area contributed by atoms with Crippen LogP contribution >= 0.6 is 0 Å². The molecular weight excluding hydrogens is 224 g/mol. The van der Waals surface area contributed by atoms with E-state index in [2.05, 4.69) is 28.9 Å². The van der Waals surface area contributed by atoms with Crippen molar-refractivity contribution in [2.45, 2.75) is 19.8 Å². The fourth-order valence-electron chi connectivity index (χ4n) is 2.58. The van der Waals surface area contributed by atoms with Gasteiger partial charge < -0.3 is 15.5 Å². The number of rotatable bonds is 3. The second kappa shape index (κ2) is 5.57. The van der Waals surface area contributed by atoms with E-state index in [1.54, 1.807) is 0 Å². The first-order valence-electron chi connectivity index (χ1n) is 6.69. The number of aromatic nitrogens is 1. The first-order chi connectivity index (χ1) is 8.56. The average Bonchev–Trinajstić information content (AvgIpc) is 2.35. The fourth-order valence-corrected chi connectivity index (χ4v) is 2.58. The van der Waals surface area contributed by atoms with Crippen molar-refractivity contribution in [1.29, 1.82) is 0 Å². The maximum Gasteiger partial charge on any atom is 0.151 e. The van der Waals surface area contributed by atoms with Gasteiger partial charge in [0.05, 0.1) is 5.69 Å². The van der Waals surface area contributed by atoms with Crippen LogP contribution in [0.15, 0.2) is 12.1 Å². The Labute approximate surface area is 110 Å². The summed E-state index contributed by atoms with van der Waals surface area (Å²) in [7, 11) is 4.29. The van der Waals surface area contributed by atoms with Crippen molar-refractivity contribution in [3.8, 4) is 0 Å². The molecule has 0 amide bonds. The molecule has 0 bridgehead atoms. The highest BCUT2D eigenvalue weighted by Gasteiger charge is 2.19. The first kappa shape index (κ1) is 13.1. The number of nitrogens with two attached hydrogens (primary N) is 1. The molecule has 1 aliphatic heterocycles. The van der Waals surface area contributed by atoms with Crippen molar-refractivity contribution in [3.05, 3.63) is 17.8 Å². The molecule has 4 nitrogen and oxygen atoms in total. The van der Waals surface area contributed by atoms with Crippen molar-refractivity contribution < 1.29 is 0 Å². The topological polar surface area (TPSA) is 45.4 Å². The van der Waals surface area contributed by atoms with E-state index >= 15 is 0 Å². The second-order valence-electron chi connectivity index (χ2n) is 5.49. The Bertz CT molecular complexity index is 397. The SMILES string of the molecule is Cc1ccc(N)c(N(C)CC2CCN(C)CC2)n1. The first-order valence-corrected chi connectivity index (χ1v) is 6.69. The predicted octanol–water partition coefficient (Wildman–Crippen LogP) is 1.75. The molecule has 0 unspecified atom stereocenters. The van der Waals surface area contributed by atoms with Gasteiger partial charge in [-0.3, -0.25) is 0 Å². The molecule has 2 rings (SSSR count). The van der Waals surface area contributed by atoms with Crippen molar-refractivity contribution >= 4 is 11.5 Å². The molecule has 100 valence electrons. The van der Waals surface area contributed by atoms with Crippen LogP contribution in [0.5, 0.6) is 0 Å². The summed E-state index contributed by atoms with van der Waals surface area (Å²) in [6.45, 7) is 5.46. The third kappa shape index (κ3) is 3.13. The molecule has 0 radical (unpaired) electrons. The molecular formula is C14H24N4. The number of nitrogens with zero attached hydrogens (tertiary/aromatic N) is 3. The van der Waals surface area contributed by atoms with Crippen molar-refractivity contribution in [2.75, 3.05) is 44.4 Å². The number of piperidine rings is 1. The monoisotopic (exact) mass is 248 g/mol. The molecule has 18 heavy (non-hydrogen) atoms. The number of pyridine rings is 1. The summed E-state index contributed by atoms with van der Waals surface area (Å²) in [5, 5.41) is 0. The zero-order valence-electron chi connectivity index (χ0n) is 11.7. The zero-order chi connectivity index (χ0) is 13.1. The lowest BCUT2D eigenvalue weighted by atomic mass is 9.96. The minimum Gasteiger partial charge on any atom is -0.396 e. The van der Waals surface area contributed by atoms with Crippen molar-refractivity contribution in [2.24, 2.45) is 5.92 Å². The number of aryl methyl sites for hydroxylation is 1. The molecule has 0 aliphatic carbocycles. The standard InChI is InChI=1S/C14H24N4/c1-11-4-5-13(15)14(16-11)18(3)10-12-6-8-17(2)9-7-12/h4-5,12H,6-10,15H2,1-3H3. The second-order valence-corrected chi connectivity index (χ2v) is 5.49. The Morgan fingerprint density at radius 3 is 2.72 bits per heavy atom. The number of nitrogen functional groups attached to an aromatic ring is 1. The average molecular weight is 248 g/mol. The van der Waals surface area contributed by atoms with Gasteiger partial charge in [0.15, 0.2) is 5.82 Å². The largest absolute Gasteiger partial charge is 0.396 e. The predicted molar refractivity (Wildman–Crippen MR) is 76.9 cm³/mol. The number of hydrogen-bond acceptors (Lipinski definition) is 4. The summed E-state index contributed by atoms with van der Waals surface area (Å²) in [4.78, 5) is 9.15. The number of hydrogen-bond donors (Lipinski definition) is 1. The summed E-state index contributed by atoms with van der Waals surface area (Å²) < 4.78 is 0. The van der Waals surface area contributed by atoms with Crippen LogP contribution in [0.3, 0.4) is 0 Å². The van der Waals surface area contributed by atoms with E-state index in [0.717, 1.165) is 29.7 Å². The van der Waals surface area contributed by atoms with Gasteiger partial charge in [-0.1, -0.05) is 0 Å². The number of likely N-dealkylation sites (tertiary alicyclic amines) is 1. The summed E-state index contributed by atoms with van der Waals surface area (Å²) in [5.74, 6) is 1.68. The minimum atomic E-state index is 0.757. The molecule has 0 saturated carbocycles. The van der Waals surface area contributed by atoms with Gasteiger partial charge in [0.25, 0.3) is 0 Å². The molecule has 1 saturated heterocycles. The van der Waals surface area contributed by atoms with E-state index in [0.29, 0.717) is 0 Å². The Balaban J connectivity index is 1.98. The highest BCUT2D eigenvalue weighted by molar-refractivity contribution is 5.62. The molecule has 4 heteroatoms. The Morgan fingerprint density at radius 2 is 2.06 bits per heavy atom. The van der Waals surface area contributed by atoms with E-state index < -0.39 is 0 Å². The molecule has 1 aliphatic rings. The molecule has 0 atom stereocenters. The smallest absolute Gasteiger partial charge is 0.151 e. The van der Waals surface area contributed by atoms with E-state index in [1.165, 1.54) is 25.9 Å². The highest BCUT2D eigenvalue weighted by Crippen LogP contribution is 2.23. The van der Waals surface area contributed by atoms with Crippen LogP contribution in [0.25, 0.3) is 0 Å². The third-order valence-corrected chi connectivity index (χ3v) is 3.78. The Hall–Kier alpha value is -1.29. The molecule has 0 spiro atoms. The Morgan fingerprint density at radius 1 is 1.39 bits per heavy atom. The maximum absolute atomic E-state index is 6.01. The van der Waals surface area contributed by atoms with E-state index in [-0.39, 0.29) is 0 Å². The van der Waals surface area contributed by atoms with E-state index in [1.807, 2.05) is 19.1 Å². The number of anilines is 2. The van der Waals surface area contributed by atoms with E-state index in [4.69, 9.17) is 5.73 Å². The van der Waals surface area contributed by atoms with E-state index in [9.17, 15) is 0 Å². The van der Waals surface area contributed by atoms with Crippen LogP contribution < -0.4 is 10.6 Å². The lowest BCUT2D eigenvalue weighted by molar-refractivity contribution is 0.222. The molecule has 2 heterocycles.